The third-order valence-corrected chi connectivity index (χ3v) is 5.28. The van der Waals surface area contributed by atoms with Crippen molar-refractivity contribution in [3.05, 3.63) is 89.9 Å². The minimum Gasteiger partial charge on any atom is -0.326 e. The molecule has 31 heavy (non-hydrogen) atoms. The van der Waals surface area contributed by atoms with Crippen molar-refractivity contribution in [2.24, 2.45) is 0 Å². The van der Waals surface area contributed by atoms with Crippen LogP contribution < -0.4 is 10.6 Å². The van der Waals surface area contributed by atoms with E-state index in [1.807, 2.05) is 58.7 Å². The van der Waals surface area contributed by atoms with Crippen molar-refractivity contribution >= 4 is 40.6 Å². The fraction of sp³-hybridized carbons (Fsp3) is 0.0417. The van der Waals surface area contributed by atoms with Crippen LogP contribution in [0.4, 0.5) is 11.4 Å². The lowest BCUT2D eigenvalue weighted by Gasteiger charge is -2.05. The van der Waals surface area contributed by atoms with E-state index in [1.165, 1.54) is 13.0 Å². The van der Waals surface area contributed by atoms with Gasteiger partial charge in [0.2, 0.25) is 11.8 Å². The predicted molar refractivity (Wildman–Crippen MR) is 125 cm³/mol. The molecule has 0 radical (unpaired) electrons. The van der Waals surface area contributed by atoms with Gasteiger partial charge in [-0.15, -0.1) is 11.3 Å². The molecule has 0 spiro atoms. The first-order chi connectivity index (χ1) is 15.1. The van der Waals surface area contributed by atoms with Crippen molar-refractivity contribution in [1.82, 2.24) is 9.78 Å². The van der Waals surface area contributed by atoms with Crippen LogP contribution in [0.3, 0.4) is 0 Å². The highest BCUT2D eigenvalue weighted by Crippen LogP contribution is 2.28. The zero-order valence-corrected chi connectivity index (χ0v) is 17.6. The molecule has 7 heteroatoms. The Morgan fingerprint density at radius 1 is 0.935 bits per heavy atom. The Bertz CT molecular complexity index is 1210. The molecule has 2 heterocycles. The van der Waals surface area contributed by atoms with Gasteiger partial charge in [0.1, 0.15) is 5.69 Å². The topological polar surface area (TPSA) is 76.0 Å². The van der Waals surface area contributed by atoms with Gasteiger partial charge >= 0.3 is 0 Å². The largest absolute Gasteiger partial charge is 0.326 e. The van der Waals surface area contributed by atoms with Gasteiger partial charge in [-0.25, -0.2) is 4.68 Å². The van der Waals surface area contributed by atoms with Crippen LogP contribution >= 0.6 is 11.3 Å². The van der Waals surface area contributed by atoms with Crippen molar-refractivity contribution in [2.45, 2.75) is 6.92 Å². The molecule has 154 valence electrons. The maximum absolute atomic E-state index is 12.4. The molecule has 2 amide bonds. The normalized spacial score (nSPS) is 10.9. The lowest BCUT2D eigenvalue weighted by Crippen LogP contribution is -2.08. The molecule has 6 nitrogen and oxygen atoms in total. The van der Waals surface area contributed by atoms with Gasteiger partial charge in [0.15, 0.2) is 0 Å². The van der Waals surface area contributed by atoms with E-state index in [2.05, 4.69) is 10.6 Å². The maximum atomic E-state index is 12.4. The molecule has 0 bridgehead atoms. The second-order valence-electron chi connectivity index (χ2n) is 6.77. The highest BCUT2D eigenvalue weighted by atomic mass is 32.1. The Kier molecular flexibility index (Phi) is 6.05. The zero-order chi connectivity index (χ0) is 21.6. The van der Waals surface area contributed by atoms with E-state index in [9.17, 15) is 9.59 Å². The number of nitrogens with zero attached hydrogens (tertiary/aromatic N) is 2. The number of rotatable bonds is 6. The third kappa shape index (κ3) is 5.15. The molecule has 0 atom stereocenters. The van der Waals surface area contributed by atoms with Crippen molar-refractivity contribution in [3.63, 3.8) is 0 Å². The molecule has 0 unspecified atom stereocenters. The van der Waals surface area contributed by atoms with Crippen LogP contribution in [0.1, 0.15) is 12.5 Å². The van der Waals surface area contributed by atoms with Crippen LogP contribution in [0.15, 0.2) is 84.4 Å². The molecule has 2 N–H and O–H groups in total. The first kappa shape index (κ1) is 20.3. The number of aromatic nitrogens is 2. The fourth-order valence-electron chi connectivity index (χ4n) is 3.02. The second kappa shape index (κ2) is 9.23. The summed E-state index contributed by atoms with van der Waals surface area (Å²) in [5.41, 5.74) is 3.94. The first-order valence-corrected chi connectivity index (χ1v) is 10.5. The van der Waals surface area contributed by atoms with Crippen LogP contribution in [0, 0.1) is 0 Å². The Balaban J connectivity index is 1.53. The molecule has 0 saturated carbocycles. The van der Waals surface area contributed by atoms with Crippen molar-refractivity contribution in [3.8, 4) is 16.3 Å². The smallest absolute Gasteiger partial charge is 0.248 e. The lowest BCUT2D eigenvalue weighted by molar-refractivity contribution is -0.114. The zero-order valence-electron chi connectivity index (χ0n) is 16.8. The molecule has 2 aromatic heterocycles. The van der Waals surface area contributed by atoms with Gasteiger partial charge in [0.05, 0.1) is 10.6 Å². The van der Waals surface area contributed by atoms with Crippen LogP contribution in [0.2, 0.25) is 0 Å². The van der Waals surface area contributed by atoms with E-state index in [-0.39, 0.29) is 11.8 Å². The van der Waals surface area contributed by atoms with Crippen LogP contribution in [-0.4, -0.2) is 21.6 Å². The van der Waals surface area contributed by atoms with E-state index in [0.717, 1.165) is 21.8 Å². The number of hydrogen-bond donors (Lipinski definition) is 2. The molecule has 0 saturated heterocycles. The van der Waals surface area contributed by atoms with E-state index in [1.54, 1.807) is 41.7 Å². The Morgan fingerprint density at radius 2 is 1.65 bits per heavy atom. The minimum atomic E-state index is -0.253. The molecule has 0 aliphatic carbocycles. The number of thiophene rings is 1. The molecule has 2 aromatic carbocycles. The first-order valence-electron chi connectivity index (χ1n) is 9.64. The maximum Gasteiger partial charge on any atom is 0.248 e. The monoisotopic (exact) mass is 428 g/mol. The summed E-state index contributed by atoms with van der Waals surface area (Å²) < 4.78 is 1.81. The Morgan fingerprint density at radius 3 is 2.29 bits per heavy atom. The standard InChI is InChI=1S/C24H20N4O2S/c1-17(29)25-19-10-12-20(13-11-19)26-23(30)14-9-18-16-28(21-6-3-2-4-7-21)27-24(18)22-8-5-15-31-22/h2-16H,1H3,(H,25,29)(H,26,30)/b14-9+. The average Bonchev–Trinajstić information content (AvgIpc) is 3.44. The van der Waals surface area contributed by atoms with Crippen molar-refractivity contribution in [1.29, 1.82) is 0 Å². The second-order valence-corrected chi connectivity index (χ2v) is 7.72. The average molecular weight is 429 g/mol. The number of benzene rings is 2. The van der Waals surface area contributed by atoms with Crippen LogP contribution in [0.25, 0.3) is 22.3 Å². The number of carbonyl (C=O) groups excluding carboxylic acids is 2. The van der Waals surface area contributed by atoms with Crippen molar-refractivity contribution in [2.75, 3.05) is 10.6 Å². The Labute approximate surface area is 183 Å². The molecule has 4 rings (SSSR count). The van der Waals surface area contributed by atoms with Gasteiger partial charge in [-0.3, -0.25) is 9.59 Å². The van der Waals surface area contributed by atoms with Gasteiger partial charge < -0.3 is 10.6 Å². The van der Waals surface area contributed by atoms with Gasteiger partial charge in [-0.2, -0.15) is 5.10 Å². The molecule has 4 aromatic rings. The van der Waals surface area contributed by atoms with Crippen LogP contribution in [-0.2, 0) is 9.59 Å². The summed E-state index contributed by atoms with van der Waals surface area (Å²) >= 11 is 1.60. The number of amides is 2. The number of anilines is 2. The summed E-state index contributed by atoms with van der Waals surface area (Å²) in [7, 11) is 0. The summed E-state index contributed by atoms with van der Waals surface area (Å²) in [6.45, 7) is 1.45. The lowest BCUT2D eigenvalue weighted by atomic mass is 10.2. The van der Waals surface area contributed by atoms with Gasteiger partial charge in [-0.1, -0.05) is 24.3 Å². The number of nitrogens with one attached hydrogen (secondary N) is 2. The summed E-state index contributed by atoms with van der Waals surface area (Å²) in [6.07, 6.45) is 5.17. The quantitative estimate of drug-likeness (QED) is 0.414. The van der Waals surface area contributed by atoms with Gasteiger partial charge in [0, 0.05) is 36.1 Å². The molecule has 0 fully saturated rings. The number of para-hydroxylation sites is 1. The summed E-state index contributed by atoms with van der Waals surface area (Å²) in [6, 6.07) is 20.8. The SMILES string of the molecule is CC(=O)Nc1ccc(NC(=O)/C=C/c2cn(-c3ccccc3)nc2-c2cccs2)cc1. The fourth-order valence-corrected chi connectivity index (χ4v) is 3.75. The van der Waals surface area contributed by atoms with Crippen molar-refractivity contribution < 1.29 is 9.59 Å². The third-order valence-electron chi connectivity index (χ3n) is 4.40. The van der Waals surface area contributed by atoms with Crippen LogP contribution in [0.5, 0.6) is 0 Å². The molecule has 0 aliphatic rings. The highest BCUT2D eigenvalue weighted by molar-refractivity contribution is 7.13. The van der Waals surface area contributed by atoms with Gasteiger partial charge in [0.25, 0.3) is 0 Å². The van der Waals surface area contributed by atoms with E-state index >= 15 is 0 Å². The van der Waals surface area contributed by atoms with E-state index in [4.69, 9.17) is 5.10 Å². The summed E-state index contributed by atoms with van der Waals surface area (Å²) in [4.78, 5) is 24.6. The number of carbonyl (C=O) groups is 2. The summed E-state index contributed by atoms with van der Waals surface area (Å²) in [5, 5.41) is 12.2. The highest BCUT2D eigenvalue weighted by Gasteiger charge is 2.11. The van der Waals surface area contributed by atoms with Gasteiger partial charge in [-0.05, 0) is 53.9 Å². The summed E-state index contributed by atoms with van der Waals surface area (Å²) in [5.74, 6) is -0.394. The number of hydrogen-bond acceptors (Lipinski definition) is 4. The van der Waals surface area contributed by atoms with E-state index in [0.29, 0.717) is 11.4 Å². The Hall–Kier alpha value is -3.97. The van der Waals surface area contributed by atoms with E-state index < -0.39 is 0 Å². The molecular formula is C24H20N4O2S. The molecule has 0 aliphatic heterocycles. The predicted octanol–water partition coefficient (Wildman–Crippen LogP) is 5.21. The minimum absolute atomic E-state index is 0.141. The molecular weight excluding hydrogens is 408 g/mol.